The van der Waals surface area contributed by atoms with Crippen molar-refractivity contribution in [3.8, 4) is 0 Å². The number of imide groups is 2. The second kappa shape index (κ2) is 18.4. The predicted molar refractivity (Wildman–Crippen MR) is 201 cm³/mol. The number of nitrogens with one attached hydrogen (secondary N) is 2. The van der Waals surface area contributed by atoms with Crippen LogP contribution in [0.15, 0.2) is 71.3 Å². The molecule has 2 unspecified atom stereocenters. The number of nitrogens with zero attached hydrogens (tertiary/aromatic N) is 4. The average molecular weight is 762 g/mol. The van der Waals surface area contributed by atoms with E-state index in [0.717, 1.165) is 5.69 Å². The molecule has 0 saturated carbocycles. The Morgan fingerprint density at radius 1 is 0.709 bits per heavy atom. The molecule has 2 aromatic heterocycles. The maximum atomic E-state index is 13.0. The first-order valence-corrected chi connectivity index (χ1v) is 17.8. The van der Waals surface area contributed by atoms with Crippen molar-refractivity contribution in [3.63, 3.8) is 0 Å². The summed E-state index contributed by atoms with van der Waals surface area (Å²) in [7, 11) is 3.07. The van der Waals surface area contributed by atoms with Gasteiger partial charge < -0.3 is 24.3 Å². The number of azo groups is 1. The van der Waals surface area contributed by atoms with Crippen molar-refractivity contribution in [1.82, 2.24) is 20.1 Å². The lowest BCUT2D eigenvalue weighted by atomic mass is 10.1. The lowest BCUT2D eigenvalue weighted by molar-refractivity contribution is 0.0454. The third-order valence-corrected chi connectivity index (χ3v) is 9.00. The number of fused-ring (bicyclic) bond motifs is 2. The molecular weight excluding hydrogens is 714 g/mol. The molecule has 0 radical (unpaired) electrons. The van der Waals surface area contributed by atoms with Crippen LogP contribution in [0.2, 0.25) is 0 Å². The van der Waals surface area contributed by atoms with Gasteiger partial charge in [-0.3, -0.25) is 29.0 Å². The maximum Gasteiger partial charge on any atom is 0.384 e. The van der Waals surface area contributed by atoms with Crippen molar-refractivity contribution < 1.29 is 37.7 Å². The second-order valence-electron chi connectivity index (χ2n) is 13.4. The van der Waals surface area contributed by atoms with Gasteiger partial charge in [-0.2, -0.15) is 0 Å². The topological polar surface area (TPSA) is 236 Å². The van der Waals surface area contributed by atoms with E-state index in [4.69, 9.17) is 19.7 Å². The van der Waals surface area contributed by atoms with E-state index >= 15 is 0 Å². The normalized spacial score (nSPS) is 14.7. The Hall–Kier alpha value is -5.94. The molecule has 17 nitrogen and oxygen atoms in total. The monoisotopic (exact) mass is 761 g/mol. The molecule has 0 saturated heterocycles. The SMILES string of the molecule is CC(C)c1cc(=O)o[nH]1.CCC(COC)N1C(=O)c2cccc(N)c2C1=O.CCC(COC)N1C(=O)c2cccc(N=Nc3c(C(C)C)[nH]oc3=O)c2C1=O. The van der Waals surface area contributed by atoms with E-state index in [9.17, 15) is 28.8 Å². The number of carbonyl (C=O) groups is 4. The third kappa shape index (κ3) is 8.90. The van der Waals surface area contributed by atoms with Crippen molar-refractivity contribution in [2.75, 3.05) is 33.2 Å². The standard InChI is InChI=1S/C19H22N4O5.C13H16N2O3.C6H9NO2/c1-5-11(9-27-4)23-17(24)12-7-6-8-13(14(12)18(23)25)20-21-16-15(10(2)3)22-28-19(16)26;1-3-8(7-18-2)15-12(16)9-5-4-6-10(14)11(9)13(15)17;1-4(2)5-3-6(8)9-7-5/h6-8,10-11,22H,5,9H2,1-4H3;4-6,8H,3,7,14H2,1-2H3;3-4,7H,1-2H3. The molecule has 4 amide bonds. The minimum absolute atomic E-state index is 0.0278. The largest absolute Gasteiger partial charge is 0.398 e. The Kier molecular flexibility index (Phi) is 14.0. The van der Waals surface area contributed by atoms with Crippen LogP contribution in [-0.2, 0) is 9.47 Å². The Morgan fingerprint density at radius 3 is 1.71 bits per heavy atom. The molecule has 2 aromatic carbocycles. The summed E-state index contributed by atoms with van der Waals surface area (Å²) < 4.78 is 19.4. The number of rotatable bonds is 12. The molecule has 4 N–H and O–H groups in total. The number of H-pyrrole nitrogens is 2. The van der Waals surface area contributed by atoms with E-state index in [2.05, 4.69) is 25.1 Å². The van der Waals surface area contributed by atoms with Crippen LogP contribution >= 0.6 is 0 Å². The Bertz CT molecular complexity index is 2160. The summed E-state index contributed by atoms with van der Waals surface area (Å²) >= 11 is 0. The highest BCUT2D eigenvalue weighted by Gasteiger charge is 2.42. The molecule has 0 aliphatic carbocycles. The minimum Gasteiger partial charge on any atom is -0.398 e. The van der Waals surface area contributed by atoms with Gasteiger partial charge in [0.05, 0.1) is 64.6 Å². The summed E-state index contributed by atoms with van der Waals surface area (Å²) in [6.07, 6.45) is 1.22. The van der Waals surface area contributed by atoms with Gasteiger partial charge in [-0.05, 0) is 48.9 Å². The van der Waals surface area contributed by atoms with Gasteiger partial charge in [-0.25, -0.2) is 19.9 Å². The van der Waals surface area contributed by atoms with E-state index in [1.165, 1.54) is 23.0 Å². The van der Waals surface area contributed by atoms with Crippen molar-refractivity contribution in [1.29, 1.82) is 0 Å². The fourth-order valence-electron chi connectivity index (χ4n) is 5.97. The molecule has 55 heavy (non-hydrogen) atoms. The molecule has 0 spiro atoms. The zero-order chi connectivity index (χ0) is 40.6. The van der Waals surface area contributed by atoms with Crippen LogP contribution in [0.25, 0.3) is 0 Å². The van der Waals surface area contributed by atoms with Gasteiger partial charge in [0, 0.05) is 26.0 Å². The number of hydrogen-bond acceptors (Lipinski definition) is 13. The quantitative estimate of drug-likeness (QED) is 0.0872. The van der Waals surface area contributed by atoms with E-state index in [-0.39, 0.29) is 70.5 Å². The number of carbonyl (C=O) groups excluding carboxylic acids is 4. The van der Waals surface area contributed by atoms with Crippen molar-refractivity contribution in [2.45, 2.75) is 78.3 Å². The predicted octanol–water partition coefficient (Wildman–Crippen LogP) is 5.91. The van der Waals surface area contributed by atoms with Crippen LogP contribution in [0.4, 0.5) is 17.1 Å². The van der Waals surface area contributed by atoms with Crippen molar-refractivity contribution in [3.05, 3.63) is 96.9 Å². The molecule has 2 aliphatic heterocycles. The fraction of sp³-hybridized carbons (Fsp3) is 0.421. The summed E-state index contributed by atoms with van der Waals surface area (Å²) in [6, 6.07) is 10.6. The molecule has 0 fully saturated rings. The summed E-state index contributed by atoms with van der Waals surface area (Å²) in [6.45, 7) is 12.1. The highest BCUT2D eigenvalue weighted by Crippen LogP contribution is 2.34. The molecule has 6 rings (SSSR count). The van der Waals surface area contributed by atoms with Crippen LogP contribution in [-0.4, -0.2) is 83.3 Å². The third-order valence-electron chi connectivity index (χ3n) is 9.00. The molecular formula is C38H47N7O10. The smallest absolute Gasteiger partial charge is 0.384 e. The number of benzene rings is 2. The van der Waals surface area contributed by atoms with E-state index in [1.807, 2.05) is 41.5 Å². The molecule has 4 aromatic rings. The van der Waals surface area contributed by atoms with Gasteiger partial charge in [0.25, 0.3) is 23.6 Å². The van der Waals surface area contributed by atoms with Gasteiger partial charge in [0.2, 0.25) is 0 Å². The van der Waals surface area contributed by atoms with Gasteiger partial charge in [0.1, 0.15) is 0 Å². The number of methoxy groups -OCH3 is 2. The van der Waals surface area contributed by atoms with Crippen LogP contribution < -0.4 is 17.0 Å². The van der Waals surface area contributed by atoms with Gasteiger partial charge in [-0.15, -0.1) is 10.2 Å². The Morgan fingerprint density at radius 2 is 1.25 bits per heavy atom. The highest BCUT2D eigenvalue weighted by atomic mass is 16.5. The lowest BCUT2D eigenvalue weighted by Gasteiger charge is -2.24. The van der Waals surface area contributed by atoms with Crippen LogP contribution in [0, 0.1) is 0 Å². The average Bonchev–Trinajstić information content (AvgIpc) is 3.90. The van der Waals surface area contributed by atoms with E-state index in [0.29, 0.717) is 47.9 Å². The number of amides is 4. The van der Waals surface area contributed by atoms with Crippen molar-refractivity contribution in [2.24, 2.45) is 10.2 Å². The zero-order valence-corrected chi connectivity index (χ0v) is 32.1. The summed E-state index contributed by atoms with van der Waals surface area (Å²) in [5.41, 5.74) is 7.94. The van der Waals surface area contributed by atoms with Gasteiger partial charge in [0.15, 0.2) is 5.69 Å². The van der Waals surface area contributed by atoms with Crippen LogP contribution in [0.1, 0.15) is 119 Å². The first-order valence-electron chi connectivity index (χ1n) is 17.8. The maximum absolute atomic E-state index is 13.0. The number of aromatic nitrogens is 2. The molecule has 294 valence electrons. The Labute approximate surface area is 316 Å². The molecule has 4 heterocycles. The fourth-order valence-corrected chi connectivity index (χ4v) is 5.97. The second-order valence-corrected chi connectivity index (χ2v) is 13.4. The van der Waals surface area contributed by atoms with E-state index in [1.54, 1.807) is 43.5 Å². The minimum atomic E-state index is -0.643. The number of hydrogen-bond donors (Lipinski definition) is 3. The highest BCUT2D eigenvalue weighted by molar-refractivity contribution is 6.24. The zero-order valence-electron chi connectivity index (χ0n) is 32.1. The number of nitrogen functional groups attached to an aromatic ring is 1. The summed E-state index contributed by atoms with van der Waals surface area (Å²) in [5.74, 6) is -1.13. The number of ether oxygens (including phenoxy) is 2. The van der Waals surface area contributed by atoms with Gasteiger partial charge >= 0.3 is 11.3 Å². The van der Waals surface area contributed by atoms with Crippen molar-refractivity contribution >= 4 is 40.7 Å². The molecule has 0 bridgehead atoms. The van der Waals surface area contributed by atoms with Gasteiger partial charge in [-0.1, -0.05) is 53.7 Å². The number of nitrogens with two attached hydrogens (primary N) is 1. The molecule has 2 aliphatic rings. The Balaban J connectivity index is 0.000000211. The number of aromatic amines is 2. The lowest BCUT2D eigenvalue weighted by Crippen LogP contribution is -2.42. The van der Waals surface area contributed by atoms with Crippen LogP contribution in [0.3, 0.4) is 0 Å². The van der Waals surface area contributed by atoms with E-state index < -0.39 is 11.5 Å². The van der Waals surface area contributed by atoms with Crippen LogP contribution in [0.5, 0.6) is 0 Å². The number of anilines is 1. The summed E-state index contributed by atoms with van der Waals surface area (Å²) in [4.78, 5) is 75.0. The summed E-state index contributed by atoms with van der Waals surface area (Å²) in [5, 5.41) is 13.1. The molecule has 17 heteroatoms. The first kappa shape index (κ1) is 41.8. The first-order chi connectivity index (χ1) is 26.2. The molecule has 2 atom stereocenters.